The lowest BCUT2D eigenvalue weighted by atomic mass is 10.0. The highest BCUT2D eigenvalue weighted by Crippen LogP contribution is 2.25. The Balaban J connectivity index is 1.78. The highest BCUT2D eigenvalue weighted by Gasteiger charge is 2.21. The third kappa shape index (κ3) is 8.61. The fourth-order valence-corrected chi connectivity index (χ4v) is 3.77. The van der Waals surface area contributed by atoms with Gasteiger partial charge in [0.05, 0.1) is 6.61 Å². The van der Waals surface area contributed by atoms with E-state index in [0.29, 0.717) is 12.5 Å². The summed E-state index contributed by atoms with van der Waals surface area (Å²) in [5, 5.41) is 5.76. The van der Waals surface area contributed by atoms with Crippen LogP contribution in [-0.2, 0) is 9.53 Å². The normalized spacial score (nSPS) is 12.1. The van der Waals surface area contributed by atoms with Crippen LogP contribution in [0.25, 0.3) is 10.8 Å². The zero-order valence-electron chi connectivity index (χ0n) is 18.9. The number of allylic oxidation sites excluding steroid dienone is 1. The molecule has 0 heterocycles. The van der Waals surface area contributed by atoms with Crippen LogP contribution < -0.4 is 5.32 Å². The molecule has 1 atom stereocenters. The van der Waals surface area contributed by atoms with E-state index in [1.54, 1.807) is 0 Å². The molecule has 0 amide bonds. The third-order valence-electron chi connectivity index (χ3n) is 5.41. The van der Waals surface area contributed by atoms with Crippen LogP contribution in [0.2, 0.25) is 0 Å². The summed E-state index contributed by atoms with van der Waals surface area (Å²) < 4.78 is 5.64. The van der Waals surface area contributed by atoms with Crippen LogP contribution in [0.4, 0.5) is 5.69 Å². The van der Waals surface area contributed by atoms with Crippen molar-refractivity contribution in [3.8, 4) is 0 Å². The van der Waals surface area contributed by atoms with Crippen LogP contribution in [0, 0.1) is 5.92 Å². The summed E-state index contributed by atoms with van der Waals surface area (Å²) in [7, 11) is 0. The molecule has 0 aromatic heterocycles. The Labute approximate surface area is 182 Å². The lowest BCUT2D eigenvalue weighted by molar-refractivity contribution is -0.145. The molecule has 3 nitrogen and oxygen atoms in total. The molecule has 0 bridgehead atoms. The van der Waals surface area contributed by atoms with Gasteiger partial charge >= 0.3 is 5.97 Å². The molecule has 2 aromatic carbocycles. The Bertz CT molecular complexity index is 763. The van der Waals surface area contributed by atoms with Crippen molar-refractivity contribution in [2.45, 2.75) is 77.7 Å². The number of rotatable bonds is 15. The van der Waals surface area contributed by atoms with Crippen LogP contribution in [0.15, 0.2) is 55.1 Å². The van der Waals surface area contributed by atoms with Crippen molar-refractivity contribution < 1.29 is 9.53 Å². The van der Waals surface area contributed by atoms with Gasteiger partial charge in [0, 0.05) is 11.1 Å². The summed E-state index contributed by atoms with van der Waals surface area (Å²) in [6.45, 7) is 8.55. The molecule has 3 heteroatoms. The maximum absolute atomic E-state index is 12.8. The van der Waals surface area contributed by atoms with E-state index in [4.69, 9.17) is 4.74 Å². The van der Waals surface area contributed by atoms with Gasteiger partial charge in [-0.15, -0.1) is 6.58 Å². The van der Waals surface area contributed by atoms with Crippen LogP contribution >= 0.6 is 0 Å². The summed E-state index contributed by atoms with van der Waals surface area (Å²) >= 11 is 0. The van der Waals surface area contributed by atoms with E-state index < -0.39 is 0 Å². The largest absolute Gasteiger partial charge is 0.464 e. The molecule has 2 aromatic rings. The Morgan fingerprint density at radius 1 is 0.967 bits per heavy atom. The van der Waals surface area contributed by atoms with E-state index >= 15 is 0 Å². The summed E-state index contributed by atoms with van der Waals surface area (Å²) in [5.74, 6) is 0.271. The van der Waals surface area contributed by atoms with Gasteiger partial charge in [0.15, 0.2) is 0 Å². The predicted molar refractivity (Wildman–Crippen MR) is 129 cm³/mol. The molecule has 2 rings (SSSR count). The summed E-state index contributed by atoms with van der Waals surface area (Å²) in [4.78, 5) is 12.8. The molecular formula is C27H39NO2. The van der Waals surface area contributed by atoms with Gasteiger partial charge in [0.2, 0.25) is 0 Å². The number of benzene rings is 2. The van der Waals surface area contributed by atoms with E-state index in [-0.39, 0.29) is 12.0 Å². The monoisotopic (exact) mass is 409 g/mol. The minimum absolute atomic E-state index is 0.138. The minimum atomic E-state index is -0.319. The molecule has 0 aliphatic rings. The number of fused-ring (bicyclic) bond motifs is 1. The number of nitrogens with one attached hydrogen (secondary N) is 1. The lowest BCUT2D eigenvalue weighted by Gasteiger charge is -2.21. The van der Waals surface area contributed by atoms with Crippen molar-refractivity contribution in [3.05, 3.63) is 55.1 Å². The summed E-state index contributed by atoms with van der Waals surface area (Å²) in [5.41, 5.74) is 0.993. The fraction of sp³-hybridized carbons (Fsp3) is 0.519. The number of carbonyl (C=O) groups is 1. The number of carbonyl (C=O) groups excluding carboxylic acids is 1. The maximum atomic E-state index is 12.8. The lowest BCUT2D eigenvalue weighted by Crippen LogP contribution is -2.33. The second-order valence-corrected chi connectivity index (χ2v) is 8.57. The Morgan fingerprint density at radius 2 is 1.63 bits per heavy atom. The molecule has 0 saturated carbocycles. The number of ether oxygens (including phenoxy) is 1. The van der Waals surface area contributed by atoms with E-state index in [1.165, 1.54) is 37.5 Å². The number of esters is 1. The van der Waals surface area contributed by atoms with Crippen molar-refractivity contribution in [3.63, 3.8) is 0 Å². The van der Waals surface area contributed by atoms with E-state index in [0.717, 1.165) is 36.8 Å². The summed E-state index contributed by atoms with van der Waals surface area (Å²) in [6, 6.07) is 14.1. The van der Waals surface area contributed by atoms with Crippen LogP contribution in [0.3, 0.4) is 0 Å². The molecular weight excluding hydrogens is 370 g/mol. The first-order valence-electron chi connectivity index (χ1n) is 11.6. The van der Waals surface area contributed by atoms with Crippen molar-refractivity contribution in [1.82, 2.24) is 0 Å². The maximum Gasteiger partial charge on any atom is 0.328 e. The minimum Gasteiger partial charge on any atom is -0.464 e. The molecule has 0 aliphatic carbocycles. The van der Waals surface area contributed by atoms with Crippen LogP contribution in [0.5, 0.6) is 0 Å². The van der Waals surface area contributed by atoms with Gasteiger partial charge in [0.25, 0.3) is 0 Å². The molecule has 0 aliphatic heterocycles. The highest BCUT2D eigenvalue weighted by atomic mass is 16.5. The summed E-state index contributed by atoms with van der Waals surface area (Å²) in [6.07, 6.45) is 12.3. The third-order valence-corrected chi connectivity index (χ3v) is 5.41. The molecule has 0 fully saturated rings. The van der Waals surface area contributed by atoms with Crippen molar-refractivity contribution in [2.75, 3.05) is 11.9 Å². The van der Waals surface area contributed by atoms with Crippen molar-refractivity contribution >= 4 is 22.4 Å². The van der Waals surface area contributed by atoms with Gasteiger partial charge in [0.1, 0.15) is 6.04 Å². The molecule has 0 saturated heterocycles. The van der Waals surface area contributed by atoms with Gasteiger partial charge in [-0.25, -0.2) is 4.79 Å². The van der Waals surface area contributed by atoms with Crippen LogP contribution in [0.1, 0.15) is 71.6 Å². The Hall–Kier alpha value is -2.29. The van der Waals surface area contributed by atoms with E-state index in [9.17, 15) is 4.79 Å². The number of hydrogen-bond acceptors (Lipinski definition) is 3. The van der Waals surface area contributed by atoms with E-state index in [1.807, 2.05) is 30.3 Å². The molecule has 30 heavy (non-hydrogen) atoms. The molecule has 0 spiro atoms. The average Bonchev–Trinajstić information content (AvgIpc) is 2.74. The standard InChI is InChI=1S/C27H39NO2/c1-4-5-6-7-8-9-10-11-14-20-30-27(29)26(21-22(2)3)28-25-19-15-17-23-16-12-13-18-24(23)25/h4,12-13,15-19,22,26,28H,1,5-11,14,20-21H2,2-3H3. The van der Waals surface area contributed by atoms with Gasteiger partial charge in [-0.3, -0.25) is 0 Å². The average molecular weight is 410 g/mol. The molecule has 1 unspecified atom stereocenters. The van der Waals surface area contributed by atoms with Crippen molar-refractivity contribution in [1.29, 1.82) is 0 Å². The smallest absolute Gasteiger partial charge is 0.328 e. The number of hydrogen-bond donors (Lipinski definition) is 1. The quantitative estimate of drug-likeness (QED) is 0.188. The molecule has 164 valence electrons. The zero-order valence-corrected chi connectivity index (χ0v) is 18.9. The number of unbranched alkanes of at least 4 members (excludes halogenated alkanes) is 7. The van der Waals surface area contributed by atoms with Gasteiger partial charge in [-0.1, -0.05) is 88.4 Å². The van der Waals surface area contributed by atoms with Gasteiger partial charge in [-0.2, -0.15) is 0 Å². The van der Waals surface area contributed by atoms with Gasteiger partial charge < -0.3 is 10.1 Å². The zero-order chi connectivity index (χ0) is 21.6. The topological polar surface area (TPSA) is 38.3 Å². The van der Waals surface area contributed by atoms with E-state index in [2.05, 4.69) is 43.9 Å². The molecule has 0 radical (unpaired) electrons. The first kappa shape index (κ1) is 24.0. The number of anilines is 1. The second-order valence-electron chi connectivity index (χ2n) is 8.57. The van der Waals surface area contributed by atoms with Crippen molar-refractivity contribution in [2.24, 2.45) is 5.92 Å². The second kappa shape index (κ2) is 13.8. The highest BCUT2D eigenvalue weighted by molar-refractivity contribution is 5.95. The predicted octanol–water partition coefficient (Wildman–Crippen LogP) is 7.52. The SMILES string of the molecule is C=CCCCCCCCCCOC(=O)C(CC(C)C)Nc1cccc2ccccc12. The Kier molecular flexibility index (Phi) is 11.1. The van der Waals surface area contributed by atoms with Gasteiger partial charge in [-0.05, 0) is 43.1 Å². The Morgan fingerprint density at radius 3 is 2.37 bits per heavy atom. The first-order valence-corrected chi connectivity index (χ1v) is 11.6. The fourth-order valence-electron chi connectivity index (χ4n) is 3.77. The van der Waals surface area contributed by atoms with Crippen LogP contribution in [-0.4, -0.2) is 18.6 Å². The first-order chi connectivity index (χ1) is 14.6. The molecule has 1 N–H and O–H groups in total.